The molecule has 0 bridgehead atoms. The van der Waals surface area contributed by atoms with E-state index in [0.717, 1.165) is 24.0 Å². The van der Waals surface area contributed by atoms with Crippen LogP contribution in [0.5, 0.6) is 0 Å². The summed E-state index contributed by atoms with van der Waals surface area (Å²) < 4.78 is 58.2. The van der Waals surface area contributed by atoms with E-state index in [4.69, 9.17) is 0 Å². The standard InChI is InChI=1S/C10H14F3NO4S/c11-10(12,13)19(17,18)14-9(16)6-8(15)7-4-2-1-3-5-7/h7H,1-6H2,(H,14,16). The second-order valence-corrected chi connectivity index (χ2v) is 6.13. The summed E-state index contributed by atoms with van der Waals surface area (Å²) in [5.74, 6) is -2.30. The summed E-state index contributed by atoms with van der Waals surface area (Å²) in [5.41, 5.74) is -5.56. The molecule has 1 fully saturated rings. The van der Waals surface area contributed by atoms with Crippen molar-refractivity contribution in [3.8, 4) is 0 Å². The second kappa shape index (κ2) is 5.89. The van der Waals surface area contributed by atoms with Gasteiger partial charge in [0.15, 0.2) is 0 Å². The number of sulfonamides is 1. The number of halogens is 3. The maximum atomic E-state index is 12.0. The van der Waals surface area contributed by atoms with Gasteiger partial charge in [-0.1, -0.05) is 19.3 Å². The maximum absolute atomic E-state index is 12.0. The second-order valence-electron chi connectivity index (χ2n) is 4.45. The van der Waals surface area contributed by atoms with Crippen molar-refractivity contribution in [2.45, 2.75) is 44.0 Å². The van der Waals surface area contributed by atoms with Crippen LogP contribution in [-0.4, -0.2) is 25.6 Å². The molecule has 0 atom stereocenters. The topological polar surface area (TPSA) is 80.3 Å². The van der Waals surface area contributed by atoms with E-state index in [2.05, 4.69) is 0 Å². The predicted molar refractivity (Wildman–Crippen MR) is 59.3 cm³/mol. The van der Waals surface area contributed by atoms with Crippen molar-refractivity contribution in [3.63, 3.8) is 0 Å². The van der Waals surface area contributed by atoms with Crippen molar-refractivity contribution in [2.75, 3.05) is 0 Å². The first-order valence-corrected chi connectivity index (χ1v) is 7.26. The molecule has 1 saturated carbocycles. The average Bonchev–Trinajstić information content (AvgIpc) is 2.27. The number of nitrogens with one attached hydrogen (secondary N) is 1. The van der Waals surface area contributed by atoms with Gasteiger partial charge >= 0.3 is 15.5 Å². The fraction of sp³-hybridized carbons (Fsp3) is 0.800. The fourth-order valence-corrected chi connectivity index (χ4v) is 2.46. The molecule has 0 aromatic carbocycles. The van der Waals surface area contributed by atoms with Crippen molar-refractivity contribution in [3.05, 3.63) is 0 Å². The lowest BCUT2D eigenvalue weighted by Gasteiger charge is -2.19. The molecular formula is C10H14F3NO4S. The molecule has 1 rings (SSSR count). The molecule has 9 heteroatoms. The Hall–Kier alpha value is -1.12. The van der Waals surface area contributed by atoms with Crippen LogP contribution in [0.2, 0.25) is 0 Å². The van der Waals surface area contributed by atoms with Gasteiger partial charge in [0.1, 0.15) is 5.78 Å². The van der Waals surface area contributed by atoms with Gasteiger partial charge in [-0.05, 0) is 12.8 Å². The lowest BCUT2D eigenvalue weighted by Crippen LogP contribution is -2.41. The molecule has 0 unspecified atom stereocenters. The van der Waals surface area contributed by atoms with Crippen LogP contribution in [0.15, 0.2) is 0 Å². The Morgan fingerprint density at radius 1 is 1.11 bits per heavy atom. The van der Waals surface area contributed by atoms with E-state index in [1.54, 1.807) is 0 Å². The van der Waals surface area contributed by atoms with E-state index in [9.17, 15) is 31.2 Å². The molecule has 1 N–H and O–H groups in total. The average molecular weight is 301 g/mol. The monoisotopic (exact) mass is 301 g/mol. The largest absolute Gasteiger partial charge is 0.516 e. The van der Waals surface area contributed by atoms with E-state index in [-0.39, 0.29) is 5.92 Å². The molecule has 1 aliphatic carbocycles. The van der Waals surface area contributed by atoms with Crippen molar-refractivity contribution in [1.29, 1.82) is 0 Å². The molecule has 1 amide bonds. The molecule has 110 valence electrons. The Morgan fingerprint density at radius 2 is 1.63 bits per heavy atom. The lowest BCUT2D eigenvalue weighted by atomic mass is 9.85. The zero-order valence-corrected chi connectivity index (χ0v) is 10.8. The Kier molecular flexibility index (Phi) is 4.94. The number of rotatable bonds is 4. The van der Waals surface area contributed by atoms with Gasteiger partial charge in [0.25, 0.3) is 0 Å². The Bertz CT molecular complexity index is 452. The summed E-state index contributed by atoms with van der Waals surface area (Å²) in [6, 6.07) is 0. The first-order chi connectivity index (χ1) is 8.63. The normalized spacial score (nSPS) is 18.1. The Balaban J connectivity index is 2.54. The molecule has 0 aromatic heterocycles. The van der Waals surface area contributed by atoms with Crippen molar-refractivity contribution in [2.24, 2.45) is 5.92 Å². The van der Waals surface area contributed by atoms with Gasteiger partial charge in [-0.25, -0.2) is 4.72 Å². The highest BCUT2D eigenvalue weighted by molar-refractivity contribution is 7.90. The predicted octanol–water partition coefficient (Wildman–Crippen LogP) is 1.49. The number of hydrogen-bond donors (Lipinski definition) is 1. The maximum Gasteiger partial charge on any atom is 0.516 e. The van der Waals surface area contributed by atoms with Gasteiger partial charge in [0.2, 0.25) is 5.91 Å². The van der Waals surface area contributed by atoms with Crippen LogP contribution in [0.25, 0.3) is 0 Å². The number of ketones is 1. The molecule has 0 heterocycles. The molecule has 0 aliphatic heterocycles. The third kappa shape index (κ3) is 4.48. The quantitative estimate of drug-likeness (QED) is 0.798. The first-order valence-electron chi connectivity index (χ1n) is 5.78. The van der Waals surface area contributed by atoms with Crippen molar-refractivity contribution < 1.29 is 31.2 Å². The number of alkyl halides is 3. The molecule has 0 spiro atoms. The highest BCUT2D eigenvalue weighted by Crippen LogP contribution is 2.25. The minimum atomic E-state index is -5.73. The smallest absolute Gasteiger partial charge is 0.299 e. The Labute approximate surface area is 108 Å². The summed E-state index contributed by atoms with van der Waals surface area (Å²) in [6.45, 7) is 0. The summed E-state index contributed by atoms with van der Waals surface area (Å²) in [5, 5.41) is 0. The van der Waals surface area contributed by atoms with Gasteiger partial charge in [0, 0.05) is 5.92 Å². The van der Waals surface area contributed by atoms with E-state index >= 15 is 0 Å². The van der Waals surface area contributed by atoms with Crippen molar-refractivity contribution >= 4 is 21.7 Å². The molecule has 0 saturated heterocycles. The van der Waals surface area contributed by atoms with Gasteiger partial charge in [0.05, 0.1) is 6.42 Å². The van der Waals surface area contributed by atoms with E-state index < -0.39 is 33.6 Å². The van der Waals surface area contributed by atoms with Crippen LogP contribution >= 0.6 is 0 Å². The number of amides is 1. The van der Waals surface area contributed by atoms with Gasteiger partial charge in [-0.15, -0.1) is 0 Å². The van der Waals surface area contributed by atoms with Crippen molar-refractivity contribution in [1.82, 2.24) is 4.72 Å². The molecule has 5 nitrogen and oxygen atoms in total. The first kappa shape index (κ1) is 15.9. The molecule has 1 aliphatic rings. The fourth-order valence-electron chi connectivity index (χ4n) is 1.97. The van der Waals surface area contributed by atoms with Crippen LogP contribution in [0.1, 0.15) is 38.5 Å². The molecule has 19 heavy (non-hydrogen) atoms. The minimum absolute atomic E-state index is 0.354. The summed E-state index contributed by atoms with van der Waals surface area (Å²) in [6.07, 6.45) is 3.01. The van der Waals surface area contributed by atoms with E-state index in [0.29, 0.717) is 12.8 Å². The number of carbonyl (C=O) groups is 2. The van der Waals surface area contributed by atoms with Gasteiger partial charge in [-0.2, -0.15) is 21.6 Å². The molecule has 0 aromatic rings. The molecular weight excluding hydrogens is 287 g/mol. The lowest BCUT2D eigenvalue weighted by molar-refractivity contribution is -0.130. The zero-order chi connectivity index (χ0) is 14.7. The van der Waals surface area contributed by atoms with Gasteiger partial charge < -0.3 is 0 Å². The summed E-state index contributed by atoms with van der Waals surface area (Å²) >= 11 is 0. The van der Waals surface area contributed by atoms with Crippen LogP contribution in [0, 0.1) is 5.92 Å². The third-order valence-electron chi connectivity index (χ3n) is 2.95. The highest BCUT2D eigenvalue weighted by atomic mass is 32.2. The van der Waals surface area contributed by atoms with Crippen LogP contribution in [-0.2, 0) is 19.6 Å². The zero-order valence-electron chi connectivity index (χ0n) is 10.00. The van der Waals surface area contributed by atoms with Gasteiger partial charge in [-0.3, -0.25) is 9.59 Å². The van der Waals surface area contributed by atoms with E-state index in [1.807, 2.05) is 0 Å². The molecule has 0 radical (unpaired) electrons. The minimum Gasteiger partial charge on any atom is -0.299 e. The highest BCUT2D eigenvalue weighted by Gasteiger charge is 2.47. The van der Waals surface area contributed by atoms with Crippen LogP contribution in [0.4, 0.5) is 13.2 Å². The Morgan fingerprint density at radius 3 is 2.11 bits per heavy atom. The SMILES string of the molecule is O=C(CC(=O)C1CCCCC1)NS(=O)(=O)C(F)(F)F. The third-order valence-corrected chi connectivity index (χ3v) is 4.05. The summed E-state index contributed by atoms with van der Waals surface area (Å²) in [4.78, 5) is 22.8. The van der Waals surface area contributed by atoms with Crippen LogP contribution < -0.4 is 4.72 Å². The van der Waals surface area contributed by atoms with Crippen LogP contribution in [0.3, 0.4) is 0 Å². The number of hydrogen-bond acceptors (Lipinski definition) is 4. The summed E-state index contributed by atoms with van der Waals surface area (Å²) in [7, 11) is -5.73. The number of Topliss-reactive ketones (excluding diaryl/α,β-unsaturated/α-hetero) is 1. The van der Waals surface area contributed by atoms with E-state index in [1.165, 1.54) is 0 Å². The number of carbonyl (C=O) groups excluding carboxylic acids is 2.